The van der Waals surface area contributed by atoms with Crippen LogP contribution in [0.15, 0.2) is 43.0 Å². The fourth-order valence-electron chi connectivity index (χ4n) is 3.72. The minimum Gasteiger partial charge on any atom is -0.308 e. The Balaban J connectivity index is 1.88. The molecule has 3 aromatic rings. The van der Waals surface area contributed by atoms with Crippen LogP contribution in [0, 0.1) is 0 Å². The van der Waals surface area contributed by atoms with Crippen molar-refractivity contribution in [1.29, 1.82) is 0 Å². The van der Waals surface area contributed by atoms with Gasteiger partial charge in [0.25, 0.3) is 11.8 Å². The molecule has 5 nitrogen and oxygen atoms in total. The van der Waals surface area contributed by atoms with Crippen LogP contribution in [0.25, 0.3) is 33.5 Å². The Morgan fingerprint density at radius 1 is 1.10 bits per heavy atom. The number of nitrogens with zero attached hydrogens (tertiary/aromatic N) is 3. The normalized spacial score (nSPS) is 13.8. The van der Waals surface area contributed by atoms with Crippen LogP contribution >= 0.6 is 11.3 Å². The molecule has 2 amide bonds. The molecule has 2 aromatic carbocycles. The molecule has 0 saturated carbocycles. The van der Waals surface area contributed by atoms with Crippen LogP contribution in [0.2, 0.25) is 0 Å². The molecule has 6 heteroatoms. The Kier molecular flexibility index (Phi) is 5.37. The third-order valence-corrected chi connectivity index (χ3v) is 6.28. The first kappa shape index (κ1) is 20.2. The molecule has 152 valence electrons. The van der Waals surface area contributed by atoms with Crippen LogP contribution in [0.1, 0.15) is 38.2 Å². The van der Waals surface area contributed by atoms with Gasteiger partial charge < -0.3 is 4.90 Å². The summed E-state index contributed by atoms with van der Waals surface area (Å²) in [5.41, 5.74) is 2.92. The molecule has 0 atom stereocenters. The van der Waals surface area contributed by atoms with E-state index in [2.05, 4.69) is 6.58 Å². The van der Waals surface area contributed by atoms with Gasteiger partial charge in [-0.1, -0.05) is 30.9 Å². The maximum atomic E-state index is 13.1. The third kappa shape index (κ3) is 3.28. The van der Waals surface area contributed by atoms with Crippen LogP contribution in [-0.2, 0) is 0 Å². The summed E-state index contributed by atoms with van der Waals surface area (Å²) in [6, 6.07) is 9.39. The topological polar surface area (TPSA) is 53.5 Å². The van der Waals surface area contributed by atoms with Crippen LogP contribution in [0.3, 0.4) is 0 Å². The van der Waals surface area contributed by atoms with E-state index in [0.717, 1.165) is 26.5 Å². The van der Waals surface area contributed by atoms with Crippen LogP contribution in [0.5, 0.6) is 0 Å². The number of allylic oxidation sites excluding steroid dienone is 1. The lowest BCUT2D eigenvalue weighted by Gasteiger charge is -2.28. The number of hydrogen-bond acceptors (Lipinski definition) is 5. The Morgan fingerprint density at radius 3 is 2.47 bits per heavy atom. The summed E-state index contributed by atoms with van der Waals surface area (Å²) in [5, 5.41) is 2.43. The number of rotatable bonds is 6. The van der Waals surface area contributed by atoms with Crippen molar-refractivity contribution in [3.8, 4) is 10.6 Å². The van der Waals surface area contributed by atoms with Gasteiger partial charge in [-0.25, -0.2) is 4.98 Å². The van der Waals surface area contributed by atoms with E-state index in [1.165, 1.54) is 4.90 Å². The Bertz CT molecular complexity index is 1180. The van der Waals surface area contributed by atoms with E-state index in [1.54, 1.807) is 23.5 Å². The van der Waals surface area contributed by atoms with E-state index in [4.69, 9.17) is 4.98 Å². The minimum atomic E-state index is -0.238. The number of amides is 2. The summed E-state index contributed by atoms with van der Waals surface area (Å²) < 4.78 is 0. The quantitative estimate of drug-likeness (QED) is 0.541. The Morgan fingerprint density at radius 2 is 1.80 bits per heavy atom. The molecule has 0 N–H and O–H groups in total. The van der Waals surface area contributed by atoms with Crippen molar-refractivity contribution in [2.24, 2.45) is 0 Å². The number of benzene rings is 2. The molecule has 4 rings (SSSR count). The standard InChI is InChI=1S/C24H23N3O2S/c1-5-8-19-20(6-2)30-22(25-19)16-11-12-18-21-15(16)9-7-10-17(21)23(28)27(24(18)29)14-13-26(3)4/h5-12H,2,13-14H2,1,3-4H3/b8-5-. The minimum absolute atomic E-state index is 0.238. The van der Waals surface area contributed by atoms with Crippen molar-refractivity contribution < 1.29 is 9.59 Å². The number of hydrogen-bond donors (Lipinski definition) is 0. The van der Waals surface area contributed by atoms with E-state index >= 15 is 0 Å². The first-order chi connectivity index (χ1) is 14.5. The second-order valence-corrected chi connectivity index (χ2v) is 8.46. The van der Waals surface area contributed by atoms with Gasteiger partial charge in [0, 0.05) is 35.2 Å². The monoisotopic (exact) mass is 417 g/mol. The van der Waals surface area contributed by atoms with E-state index in [9.17, 15) is 9.59 Å². The molecule has 0 unspecified atom stereocenters. The second kappa shape index (κ2) is 7.97. The zero-order valence-corrected chi connectivity index (χ0v) is 18.1. The fourth-order valence-corrected chi connectivity index (χ4v) is 4.66. The predicted octanol–water partition coefficient (Wildman–Crippen LogP) is 4.80. The number of likely N-dealkylation sites (N-methyl/N-ethyl adjacent to an activating group) is 1. The van der Waals surface area contributed by atoms with Gasteiger partial charge in [0.1, 0.15) is 5.01 Å². The van der Waals surface area contributed by atoms with Crippen LogP contribution in [-0.4, -0.2) is 53.8 Å². The van der Waals surface area contributed by atoms with Gasteiger partial charge in [0.15, 0.2) is 0 Å². The van der Waals surface area contributed by atoms with Gasteiger partial charge in [-0.15, -0.1) is 11.3 Å². The summed E-state index contributed by atoms with van der Waals surface area (Å²) in [6.45, 7) is 6.83. The zero-order chi connectivity index (χ0) is 21.4. The molecule has 30 heavy (non-hydrogen) atoms. The highest BCUT2D eigenvalue weighted by atomic mass is 32.1. The van der Waals surface area contributed by atoms with Crippen molar-refractivity contribution in [1.82, 2.24) is 14.8 Å². The van der Waals surface area contributed by atoms with E-state index in [1.807, 2.05) is 62.3 Å². The molecule has 1 aliphatic rings. The SMILES string of the molecule is C=Cc1sc(-c2ccc3c4c(cccc24)C(=O)N(CCN(C)C)C3=O)nc1/C=C\C. The van der Waals surface area contributed by atoms with Crippen molar-refractivity contribution in [2.75, 3.05) is 27.2 Å². The van der Waals surface area contributed by atoms with Crippen LogP contribution < -0.4 is 0 Å². The molecule has 1 aromatic heterocycles. The molecule has 0 bridgehead atoms. The molecule has 0 fully saturated rings. The van der Waals surface area contributed by atoms with E-state index in [-0.39, 0.29) is 11.8 Å². The molecule has 0 radical (unpaired) electrons. The average molecular weight is 418 g/mol. The number of aromatic nitrogens is 1. The third-order valence-electron chi connectivity index (χ3n) is 5.18. The second-order valence-electron chi connectivity index (χ2n) is 7.43. The molecule has 0 spiro atoms. The highest BCUT2D eigenvalue weighted by molar-refractivity contribution is 7.16. The summed E-state index contributed by atoms with van der Waals surface area (Å²) in [7, 11) is 3.85. The highest BCUT2D eigenvalue weighted by Gasteiger charge is 2.33. The number of carbonyl (C=O) groups is 2. The van der Waals surface area contributed by atoms with E-state index < -0.39 is 0 Å². The maximum absolute atomic E-state index is 13.1. The van der Waals surface area contributed by atoms with Gasteiger partial charge in [0.2, 0.25) is 0 Å². The number of imide groups is 1. The summed E-state index contributed by atoms with van der Waals surface area (Å²) in [5.74, 6) is -0.477. The lowest BCUT2D eigenvalue weighted by atomic mass is 9.91. The smallest absolute Gasteiger partial charge is 0.261 e. The number of carbonyl (C=O) groups excluding carboxylic acids is 2. The van der Waals surface area contributed by atoms with Crippen LogP contribution in [0.4, 0.5) is 0 Å². The van der Waals surface area contributed by atoms with Gasteiger partial charge >= 0.3 is 0 Å². The average Bonchev–Trinajstić information content (AvgIpc) is 3.14. The highest BCUT2D eigenvalue weighted by Crippen LogP contribution is 2.39. The Hall–Kier alpha value is -3.09. The van der Waals surface area contributed by atoms with Crippen molar-refractivity contribution in [3.05, 3.63) is 64.7 Å². The first-order valence-electron chi connectivity index (χ1n) is 9.79. The molecular weight excluding hydrogens is 394 g/mol. The maximum Gasteiger partial charge on any atom is 0.261 e. The molecule has 0 saturated heterocycles. The molecular formula is C24H23N3O2S. The lowest BCUT2D eigenvalue weighted by Crippen LogP contribution is -2.43. The molecule has 1 aliphatic heterocycles. The largest absolute Gasteiger partial charge is 0.308 e. The van der Waals surface area contributed by atoms with Gasteiger partial charge in [0.05, 0.1) is 10.6 Å². The fraction of sp³-hybridized carbons (Fsp3) is 0.208. The van der Waals surface area contributed by atoms with Gasteiger partial charge in [-0.05, 0) is 50.7 Å². The van der Waals surface area contributed by atoms with Crippen molar-refractivity contribution >= 4 is 46.1 Å². The lowest BCUT2D eigenvalue weighted by molar-refractivity contribution is 0.0601. The summed E-state index contributed by atoms with van der Waals surface area (Å²) in [4.78, 5) is 35.3. The first-order valence-corrected chi connectivity index (χ1v) is 10.6. The Labute approximate surface area is 180 Å². The van der Waals surface area contributed by atoms with Crippen molar-refractivity contribution in [2.45, 2.75) is 6.92 Å². The van der Waals surface area contributed by atoms with Gasteiger partial charge in [-0.2, -0.15) is 0 Å². The van der Waals surface area contributed by atoms with Crippen molar-refractivity contribution in [3.63, 3.8) is 0 Å². The predicted molar refractivity (Wildman–Crippen MR) is 124 cm³/mol. The molecule has 0 aliphatic carbocycles. The molecule has 2 heterocycles. The summed E-state index contributed by atoms with van der Waals surface area (Å²) in [6.07, 6.45) is 5.71. The van der Waals surface area contributed by atoms with E-state index in [0.29, 0.717) is 29.6 Å². The summed E-state index contributed by atoms with van der Waals surface area (Å²) >= 11 is 1.55. The number of thiazole rings is 1. The van der Waals surface area contributed by atoms with Gasteiger partial charge in [-0.3, -0.25) is 14.5 Å². The zero-order valence-electron chi connectivity index (χ0n) is 17.3.